The number of fused-ring (bicyclic) bond motifs is 1. The molecule has 40 heavy (non-hydrogen) atoms. The topological polar surface area (TPSA) is 159 Å². The molecule has 13 heteroatoms. The fourth-order valence-electron chi connectivity index (χ4n) is 4.71. The first-order valence-electron chi connectivity index (χ1n) is 13.3. The fraction of sp³-hybridized carbons (Fsp3) is 0.481. The summed E-state index contributed by atoms with van der Waals surface area (Å²) < 4.78 is 10.4. The van der Waals surface area contributed by atoms with Gasteiger partial charge >= 0.3 is 12.1 Å². The van der Waals surface area contributed by atoms with E-state index < -0.39 is 29.9 Å². The van der Waals surface area contributed by atoms with Crippen LogP contribution in [0.25, 0.3) is 10.9 Å². The van der Waals surface area contributed by atoms with E-state index in [1.165, 1.54) is 15.9 Å². The van der Waals surface area contributed by atoms with Gasteiger partial charge in [0.05, 0.1) is 30.9 Å². The van der Waals surface area contributed by atoms with Crippen molar-refractivity contribution in [3.63, 3.8) is 0 Å². The number of ether oxygens (including phenoxy) is 2. The molecule has 2 fully saturated rings. The summed E-state index contributed by atoms with van der Waals surface area (Å²) in [5.74, 6) is -2.52. The number of hydrogen-bond donors (Lipinski definition) is 2. The molecule has 2 aliphatic heterocycles. The van der Waals surface area contributed by atoms with Crippen molar-refractivity contribution in [2.75, 3.05) is 59.1 Å². The Hall–Kier alpha value is -4.26. The normalized spacial score (nSPS) is 16.4. The van der Waals surface area contributed by atoms with E-state index in [9.17, 15) is 29.1 Å². The Labute approximate surface area is 231 Å². The van der Waals surface area contributed by atoms with E-state index in [1.54, 1.807) is 36.1 Å². The maximum Gasteiger partial charge on any atom is 0.409 e. The second-order valence-corrected chi connectivity index (χ2v) is 9.45. The molecule has 0 radical (unpaired) electrons. The Bertz CT molecular complexity index is 1270. The maximum atomic E-state index is 13.4. The van der Waals surface area contributed by atoms with Gasteiger partial charge in [-0.25, -0.2) is 9.78 Å². The van der Waals surface area contributed by atoms with Crippen LogP contribution < -0.4 is 5.32 Å². The van der Waals surface area contributed by atoms with Crippen LogP contribution in [-0.4, -0.2) is 120 Å². The van der Waals surface area contributed by atoms with E-state index in [2.05, 4.69) is 10.3 Å². The predicted molar refractivity (Wildman–Crippen MR) is 142 cm³/mol. The number of piperazine rings is 1. The lowest BCUT2D eigenvalue weighted by Gasteiger charge is -2.35. The maximum absolute atomic E-state index is 13.4. The molecule has 13 nitrogen and oxygen atoms in total. The summed E-state index contributed by atoms with van der Waals surface area (Å²) in [5.41, 5.74) is 0.687. The Morgan fingerprint density at radius 1 is 1.00 bits per heavy atom. The highest BCUT2D eigenvalue weighted by Gasteiger charge is 2.31. The SMILES string of the molecule is CCOC(=O)N1CCN(C(=O)[C@H](CCC(=O)O)NC(=O)c2cc(C(=O)N3CCOCC3)c3ccccc3n2)CC1. The zero-order chi connectivity index (χ0) is 28.6. The molecule has 2 aliphatic rings. The number of morpholine rings is 1. The highest BCUT2D eigenvalue weighted by atomic mass is 16.6. The van der Waals surface area contributed by atoms with Crippen LogP contribution in [0.5, 0.6) is 0 Å². The lowest BCUT2D eigenvalue weighted by molar-refractivity contribution is -0.138. The molecule has 3 heterocycles. The van der Waals surface area contributed by atoms with Gasteiger partial charge < -0.3 is 34.6 Å². The predicted octanol–water partition coefficient (Wildman–Crippen LogP) is 0.971. The Morgan fingerprint density at radius 2 is 1.68 bits per heavy atom. The summed E-state index contributed by atoms with van der Waals surface area (Å²) in [6.07, 6.45) is -0.938. The lowest BCUT2D eigenvalue weighted by atomic mass is 10.0. The monoisotopic (exact) mass is 555 g/mol. The van der Waals surface area contributed by atoms with Gasteiger partial charge in [0.1, 0.15) is 11.7 Å². The van der Waals surface area contributed by atoms with E-state index in [0.29, 0.717) is 42.8 Å². The third kappa shape index (κ3) is 6.84. The average Bonchev–Trinajstić information content (AvgIpc) is 2.98. The molecule has 214 valence electrons. The third-order valence-corrected chi connectivity index (χ3v) is 6.85. The van der Waals surface area contributed by atoms with Crippen LogP contribution in [0.15, 0.2) is 30.3 Å². The molecular formula is C27H33N5O8. The molecule has 1 aromatic heterocycles. The molecule has 1 atom stereocenters. The molecule has 1 aromatic carbocycles. The average molecular weight is 556 g/mol. The standard InChI is InChI=1S/C27H33N5O8/c1-2-40-27(38)32-11-9-30(10-12-32)26(37)21(7-8-23(33)34)29-24(35)22-17-19(18-5-3-4-6-20(18)28-22)25(36)31-13-15-39-16-14-31/h3-6,17,21H,2,7-16H2,1H3,(H,29,35)(H,33,34)/t21-/m0/s1. The summed E-state index contributed by atoms with van der Waals surface area (Å²) in [4.78, 5) is 72.5. The Balaban J connectivity index is 1.54. The fourth-order valence-corrected chi connectivity index (χ4v) is 4.71. The number of para-hydroxylation sites is 1. The number of aromatic nitrogens is 1. The number of carboxylic acids is 1. The van der Waals surface area contributed by atoms with Gasteiger partial charge in [0.25, 0.3) is 11.8 Å². The number of nitrogens with zero attached hydrogens (tertiary/aromatic N) is 4. The van der Waals surface area contributed by atoms with Crippen LogP contribution in [0.1, 0.15) is 40.6 Å². The minimum atomic E-state index is -1.13. The van der Waals surface area contributed by atoms with Crippen molar-refractivity contribution in [3.8, 4) is 0 Å². The van der Waals surface area contributed by atoms with E-state index in [4.69, 9.17) is 9.47 Å². The molecule has 2 N–H and O–H groups in total. The van der Waals surface area contributed by atoms with Crippen molar-refractivity contribution >= 4 is 40.7 Å². The van der Waals surface area contributed by atoms with E-state index in [0.717, 1.165) is 0 Å². The van der Waals surface area contributed by atoms with Crippen LogP contribution >= 0.6 is 0 Å². The summed E-state index contributed by atoms with van der Waals surface area (Å²) in [6, 6.07) is 7.25. The van der Waals surface area contributed by atoms with E-state index in [1.807, 2.05) is 0 Å². The van der Waals surface area contributed by atoms with Gasteiger partial charge in [0, 0.05) is 51.1 Å². The molecule has 2 aromatic rings. The number of carboxylic acid groups (broad SMARTS) is 1. The smallest absolute Gasteiger partial charge is 0.409 e. The molecule has 0 spiro atoms. The van der Waals surface area contributed by atoms with Crippen LogP contribution in [0, 0.1) is 0 Å². The van der Waals surface area contributed by atoms with Crippen molar-refractivity contribution in [1.82, 2.24) is 25.0 Å². The minimum Gasteiger partial charge on any atom is -0.481 e. The number of hydrogen-bond acceptors (Lipinski definition) is 8. The first-order valence-corrected chi connectivity index (χ1v) is 13.3. The highest BCUT2D eigenvalue weighted by molar-refractivity contribution is 6.09. The van der Waals surface area contributed by atoms with Crippen molar-refractivity contribution in [2.24, 2.45) is 0 Å². The first-order chi connectivity index (χ1) is 19.3. The number of benzene rings is 1. The number of carbonyl (C=O) groups is 5. The van der Waals surface area contributed by atoms with Crippen LogP contribution in [-0.2, 0) is 19.1 Å². The Kier molecular flexibility index (Phi) is 9.48. The molecule has 2 saturated heterocycles. The molecule has 0 bridgehead atoms. The number of rotatable bonds is 8. The van der Waals surface area contributed by atoms with Gasteiger partial charge in [0.15, 0.2) is 0 Å². The van der Waals surface area contributed by atoms with Crippen LogP contribution in [0.4, 0.5) is 4.79 Å². The lowest BCUT2D eigenvalue weighted by Crippen LogP contribution is -2.56. The molecule has 0 saturated carbocycles. The summed E-state index contributed by atoms with van der Waals surface area (Å²) >= 11 is 0. The number of amides is 4. The van der Waals surface area contributed by atoms with Gasteiger partial charge in [0.2, 0.25) is 5.91 Å². The minimum absolute atomic E-state index is 0.0597. The van der Waals surface area contributed by atoms with Gasteiger partial charge in [-0.2, -0.15) is 0 Å². The van der Waals surface area contributed by atoms with Crippen LogP contribution in [0.2, 0.25) is 0 Å². The first kappa shape index (κ1) is 28.7. The van der Waals surface area contributed by atoms with Crippen molar-refractivity contribution in [1.29, 1.82) is 0 Å². The number of aliphatic carboxylic acids is 1. The third-order valence-electron chi connectivity index (χ3n) is 6.85. The summed E-state index contributed by atoms with van der Waals surface area (Å²) in [5, 5.41) is 12.5. The second kappa shape index (κ2) is 13.2. The molecule has 0 aliphatic carbocycles. The molecule has 0 unspecified atom stereocenters. The van der Waals surface area contributed by atoms with Crippen LogP contribution in [0.3, 0.4) is 0 Å². The molecular weight excluding hydrogens is 522 g/mol. The van der Waals surface area contributed by atoms with E-state index >= 15 is 0 Å². The zero-order valence-electron chi connectivity index (χ0n) is 22.3. The van der Waals surface area contributed by atoms with Gasteiger partial charge in [-0.15, -0.1) is 0 Å². The van der Waals surface area contributed by atoms with Crippen molar-refractivity contribution in [2.45, 2.75) is 25.8 Å². The Morgan fingerprint density at radius 3 is 2.35 bits per heavy atom. The summed E-state index contributed by atoms with van der Waals surface area (Å²) in [6.45, 7) is 4.56. The zero-order valence-corrected chi connectivity index (χ0v) is 22.3. The quantitative estimate of drug-likeness (QED) is 0.484. The largest absolute Gasteiger partial charge is 0.481 e. The van der Waals surface area contributed by atoms with E-state index in [-0.39, 0.29) is 57.2 Å². The number of carbonyl (C=O) groups excluding carboxylic acids is 4. The summed E-state index contributed by atoms with van der Waals surface area (Å²) in [7, 11) is 0. The van der Waals surface area contributed by atoms with Gasteiger partial charge in [-0.3, -0.25) is 19.2 Å². The second-order valence-electron chi connectivity index (χ2n) is 9.45. The molecule has 4 rings (SSSR count). The van der Waals surface area contributed by atoms with Gasteiger partial charge in [-0.1, -0.05) is 18.2 Å². The highest BCUT2D eigenvalue weighted by Crippen LogP contribution is 2.21. The van der Waals surface area contributed by atoms with Crippen molar-refractivity contribution in [3.05, 3.63) is 41.6 Å². The molecule has 4 amide bonds. The van der Waals surface area contributed by atoms with Gasteiger partial charge in [-0.05, 0) is 25.5 Å². The number of pyridine rings is 1. The number of nitrogens with one attached hydrogen (secondary N) is 1. The van der Waals surface area contributed by atoms with Crippen molar-refractivity contribution < 1.29 is 38.6 Å².